The van der Waals surface area contributed by atoms with Crippen LogP contribution >= 0.6 is 23.4 Å². The second-order valence-electron chi connectivity index (χ2n) is 5.18. The minimum atomic E-state index is -0.441. The summed E-state index contributed by atoms with van der Waals surface area (Å²) in [6, 6.07) is 13.2. The fourth-order valence-electron chi connectivity index (χ4n) is 2.05. The number of benzene rings is 2. The van der Waals surface area contributed by atoms with Crippen molar-refractivity contribution in [3.8, 4) is 17.2 Å². The third kappa shape index (κ3) is 4.96. The Morgan fingerprint density at radius 2 is 1.85 bits per heavy atom. The number of aromatic nitrogens is 2. The Morgan fingerprint density at radius 1 is 1.12 bits per heavy atom. The topological polar surface area (TPSA) is 91.3 Å². The van der Waals surface area contributed by atoms with Crippen molar-refractivity contribution in [3.05, 3.63) is 63.7 Å². The normalized spacial score (nSPS) is 10.7. The molecular formula is C17H14ClN3O4S. The van der Waals surface area contributed by atoms with Gasteiger partial charge in [-0.05, 0) is 42.8 Å². The van der Waals surface area contributed by atoms with Crippen LogP contribution < -0.4 is 4.74 Å². The number of thioether (sulfide) groups is 1. The highest BCUT2D eigenvalue weighted by molar-refractivity contribution is 7.99. The largest absolute Gasteiger partial charge is 0.494 e. The number of ether oxygens (including phenoxy) is 1. The van der Waals surface area contributed by atoms with Crippen molar-refractivity contribution in [2.45, 2.75) is 11.6 Å². The molecule has 9 heteroatoms. The quantitative estimate of drug-likeness (QED) is 0.234. The van der Waals surface area contributed by atoms with Gasteiger partial charge in [0.25, 0.3) is 10.9 Å². The fourth-order valence-corrected chi connectivity index (χ4v) is 2.85. The number of hydrogen-bond acceptors (Lipinski definition) is 7. The van der Waals surface area contributed by atoms with Crippen molar-refractivity contribution < 1.29 is 14.1 Å². The lowest BCUT2D eigenvalue weighted by Gasteiger charge is -2.04. The summed E-state index contributed by atoms with van der Waals surface area (Å²) < 4.78 is 11.2. The highest BCUT2D eigenvalue weighted by atomic mass is 35.5. The van der Waals surface area contributed by atoms with E-state index in [4.69, 9.17) is 20.8 Å². The Labute approximate surface area is 158 Å². The van der Waals surface area contributed by atoms with Crippen LogP contribution in [-0.2, 0) is 0 Å². The number of rotatable bonds is 8. The molecule has 0 bridgehead atoms. The predicted octanol–water partition coefficient (Wildman–Crippen LogP) is 4.86. The predicted molar refractivity (Wildman–Crippen MR) is 98.7 cm³/mol. The van der Waals surface area contributed by atoms with Gasteiger partial charge < -0.3 is 9.15 Å². The van der Waals surface area contributed by atoms with Crippen molar-refractivity contribution in [2.75, 3.05) is 12.4 Å². The molecule has 1 aromatic heterocycles. The second-order valence-corrected chi connectivity index (χ2v) is 6.66. The van der Waals surface area contributed by atoms with Gasteiger partial charge in [-0.2, -0.15) is 0 Å². The summed E-state index contributed by atoms with van der Waals surface area (Å²) >= 11 is 7.30. The second kappa shape index (κ2) is 8.68. The molecule has 0 radical (unpaired) electrons. The van der Waals surface area contributed by atoms with E-state index < -0.39 is 4.92 Å². The Morgan fingerprint density at radius 3 is 2.54 bits per heavy atom. The van der Waals surface area contributed by atoms with Crippen LogP contribution in [0.4, 0.5) is 5.69 Å². The lowest BCUT2D eigenvalue weighted by atomic mass is 10.2. The summed E-state index contributed by atoms with van der Waals surface area (Å²) in [5.74, 6) is 1.80. The molecule has 3 rings (SSSR count). The summed E-state index contributed by atoms with van der Waals surface area (Å²) in [6.07, 6.45) is 0.764. The third-order valence-electron chi connectivity index (χ3n) is 3.33. The van der Waals surface area contributed by atoms with Crippen LogP contribution in [0.3, 0.4) is 0 Å². The molecule has 0 aliphatic rings. The van der Waals surface area contributed by atoms with Gasteiger partial charge in [0.1, 0.15) is 5.75 Å². The van der Waals surface area contributed by atoms with Gasteiger partial charge in [0.15, 0.2) is 0 Å². The first-order valence-electron chi connectivity index (χ1n) is 7.71. The molecule has 1 heterocycles. The minimum Gasteiger partial charge on any atom is -0.494 e. The number of non-ortho nitro benzene ring substituents is 1. The molecule has 0 spiro atoms. The van der Waals surface area contributed by atoms with E-state index in [0.29, 0.717) is 28.5 Å². The molecule has 0 N–H and O–H groups in total. The van der Waals surface area contributed by atoms with Crippen molar-refractivity contribution in [1.82, 2.24) is 10.2 Å². The van der Waals surface area contributed by atoms with E-state index in [-0.39, 0.29) is 5.69 Å². The van der Waals surface area contributed by atoms with E-state index in [0.717, 1.165) is 17.7 Å². The van der Waals surface area contributed by atoms with Gasteiger partial charge >= 0.3 is 0 Å². The van der Waals surface area contributed by atoms with Crippen LogP contribution in [0.2, 0.25) is 5.02 Å². The van der Waals surface area contributed by atoms with E-state index >= 15 is 0 Å². The highest BCUT2D eigenvalue weighted by Crippen LogP contribution is 2.25. The lowest BCUT2D eigenvalue weighted by molar-refractivity contribution is -0.384. The Hall–Kier alpha value is -2.58. The smallest absolute Gasteiger partial charge is 0.276 e. The standard InChI is InChI=1S/C17H14ClN3O4S/c18-13-4-2-12(3-5-13)16-19-20-17(25-16)26-11-1-10-24-15-8-6-14(7-9-15)21(22)23/h2-9H,1,10-11H2. The lowest BCUT2D eigenvalue weighted by Crippen LogP contribution is -1.98. The Kier molecular flexibility index (Phi) is 6.08. The molecule has 26 heavy (non-hydrogen) atoms. The van der Waals surface area contributed by atoms with Crippen LogP contribution in [0.15, 0.2) is 58.2 Å². The van der Waals surface area contributed by atoms with Crippen LogP contribution in [-0.4, -0.2) is 27.5 Å². The maximum absolute atomic E-state index is 10.6. The van der Waals surface area contributed by atoms with Crippen molar-refractivity contribution >= 4 is 29.1 Å². The van der Waals surface area contributed by atoms with Crippen LogP contribution in [0.25, 0.3) is 11.5 Å². The van der Waals surface area contributed by atoms with Crippen molar-refractivity contribution in [1.29, 1.82) is 0 Å². The monoisotopic (exact) mass is 391 g/mol. The first-order valence-corrected chi connectivity index (χ1v) is 9.08. The van der Waals surface area contributed by atoms with Crippen molar-refractivity contribution in [3.63, 3.8) is 0 Å². The maximum atomic E-state index is 10.6. The fraction of sp³-hybridized carbons (Fsp3) is 0.176. The SMILES string of the molecule is O=[N+]([O-])c1ccc(OCCCSc2nnc(-c3ccc(Cl)cc3)o2)cc1. The van der Waals surface area contributed by atoms with Crippen molar-refractivity contribution in [2.24, 2.45) is 0 Å². The van der Waals surface area contributed by atoms with E-state index in [9.17, 15) is 10.1 Å². The van der Waals surface area contributed by atoms with Crippen LogP contribution in [0.1, 0.15) is 6.42 Å². The molecule has 0 aliphatic heterocycles. The average Bonchev–Trinajstić information content (AvgIpc) is 3.11. The number of nitrogens with zero attached hydrogens (tertiary/aromatic N) is 3. The first-order chi connectivity index (χ1) is 12.6. The van der Waals surface area contributed by atoms with E-state index in [1.54, 1.807) is 24.3 Å². The molecule has 0 saturated carbocycles. The average molecular weight is 392 g/mol. The van der Waals surface area contributed by atoms with Crippen LogP contribution in [0.5, 0.6) is 5.75 Å². The molecule has 3 aromatic rings. The molecular weight excluding hydrogens is 378 g/mol. The van der Waals surface area contributed by atoms with E-state index in [2.05, 4.69) is 10.2 Å². The number of halogens is 1. The first kappa shape index (κ1) is 18.2. The third-order valence-corrected chi connectivity index (χ3v) is 4.48. The molecule has 0 amide bonds. The minimum absolute atomic E-state index is 0.0424. The summed E-state index contributed by atoms with van der Waals surface area (Å²) in [5, 5.41) is 19.8. The van der Waals surface area contributed by atoms with Gasteiger partial charge in [-0.25, -0.2) is 0 Å². The van der Waals surface area contributed by atoms with E-state index in [1.807, 2.05) is 12.1 Å². The zero-order valence-electron chi connectivity index (χ0n) is 13.5. The highest BCUT2D eigenvalue weighted by Gasteiger charge is 2.09. The molecule has 2 aromatic carbocycles. The van der Waals surface area contributed by atoms with Gasteiger partial charge in [-0.3, -0.25) is 10.1 Å². The summed E-state index contributed by atoms with van der Waals surface area (Å²) in [5.41, 5.74) is 0.857. The summed E-state index contributed by atoms with van der Waals surface area (Å²) in [6.45, 7) is 0.489. The number of nitro benzene ring substituents is 1. The van der Waals surface area contributed by atoms with Crippen LogP contribution in [0, 0.1) is 10.1 Å². The molecule has 0 aliphatic carbocycles. The molecule has 0 fully saturated rings. The van der Waals surface area contributed by atoms with Gasteiger partial charge in [0.05, 0.1) is 11.5 Å². The molecule has 134 valence electrons. The van der Waals surface area contributed by atoms with E-state index in [1.165, 1.54) is 23.9 Å². The number of nitro groups is 1. The summed E-state index contributed by atoms with van der Waals surface area (Å²) in [4.78, 5) is 10.1. The molecule has 7 nitrogen and oxygen atoms in total. The molecule has 0 saturated heterocycles. The zero-order valence-corrected chi connectivity index (χ0v) is 15.1. The number of hydrogen-bond donors (Lipinski definition) is 0. The van der Waals surface area contributed by atoms with Gasteiger partial charge in [-0.1, -0.05) is 23.4 Å². The Balaban J connectivity index is 1.41. The maximum Gasteiger partial charge on any atom is 0.276 e. The molecule has 0 atom stereocenters. The molecule has 0 unspecified atom stereocenters. The summed E-state index contributed by atoms with van der Waals surface area (Å²) in [7, 11) is 0. The van der Waals surface area contributed by atoms with Gasteiger partial charge in [0, 0.05) is 28.5 Å². The van der Waals surface area contributed by atoms with Gasteiger partial charge in [0.2, 0.25) is 5.89 Å². The Bertz CT molecular complexity index is 868. The van der Waals surface area contributed by atoms with Gasteiger partial charge in [-0.15, -0.1) is 10.2 Å². The zero-order chi connectivity index (χ0) is 18.4.